The molecule has 2 amide bonds. The van der Waals surface area contributed by atoms with Gasteiger partial charge in [-0.25, -0.2) is 0 Å². The minimum atomic E-state index is -1.43. The fourth-order valence-electron chi connectivity index (χ4n) is 3.83. The van der Waals surface area contributed by atoms with Crippen LogP contribution >= 0.6 is 70.1 Å². The van der Waals surface area contributed by atoms with Gasteiger partial charge in [0.1, 0.15) is 11.4 Å². The molecule has 14 heteroatoms. The molecule has 38 heavy (non-hydrogen) atoms. The molecule has 2 aliphatic heterocycles. The maximum Gasteiger partial charge on any atom is 0.253 e. The minimum absolute atomic E-state index is 0.0204. The average Bonchev–Trinajstić information content (AvgIpc) is 2.87. The Hall–Kier alpha value is -1.89. The van der Waals surface area contributed by atoms with E-state index in [0.29, 0.717) is 37.0 Å². The number of carbonyl (C=O) groups excluding carboxylic acids is 4. The Balaban J connectivity index is 1.36. The summed E-state index contributed by atoms with van der Waals surface area (Å²) >= 11 is 22.1. The first kappa shape index (κ1) is 29.1. The summed E-state index contributed by atoms with van der Waals surface area (Å²) in [6.07, 6.45) is 3.56. The number of benzene rings is 1. The van der Waals surface area contributed by atoms with Crippen LogP contribution in [0.5, 0.6) is 0 Å². The monoisotopic (exact) mass is 631 g/mol. The number of nitrogens with one attached hydrogen (secondary N) is 1. The van der Waals surface area contributed by atoms with Gasteiger partial charge in [0.15, 0.2) is 18.2 Å². The quantitative estimate of drug-likeness (QED) is 0.184. The van der Waals surface area contributed by atoms with Gasteiger partial charge in [-0.3, -0.25) is 19.3 Å². The predicted octanol–water partition coefficient (Wildman–Crippen LogP) is 2.81. The van der Waals surface area contributed by atoms with Crippen LogP contribution in [0.3, 0.4) is 0 Å². The third-order valence-corrected chi connectivity index (χ3v) is 10.2. The van der Waals surface area contributed by atoms with Crippen LogP contribution in [-0.2, 0) is 25.7 Å². The van der Waals surface area contributed by atoms with Gasteiger partial charge in [-0.1, -0.05) is 34.8 Å². The van der Waals surface area contributed by atoms with E-state index in [2.05, 4.69) is 5.32 Å². The first-order valence-corrected chi connectivity index (χ1v) is 15.3. The van der Waals surface area contributed by atoms with Crippen molar-refractivity contribution in [2.75, 3.05) is 17.3 Å². The fourth-order valence-corrected chi connectivity index (χ4v) is 7.74. The van der Waals surface area contributed by atoms with E-state index in [4.69, 9.17) is 34.8 Å². The number of hydrogen-bond donors (Lipinski definition) is 1. The molecule has 0 unspecified atom stereocenters. The SMILES string of the molecule is CC(=O)C[n+]1ccc(SCC2=C(C(=O)[O-])N3C(=O)[C@@H](NC(=O)CSc4cc(Cl)c(Cl)cc4Cl)[C@H]3SC2)cc1. The Labute approximate surface area is 246 Å². The van der Waals surface area contributed by atoms with Crippen molar-refractivity contribution in [1.82, 2.24) is 10.2 Å². The molecule has 0 spiro atoms. The Morgan fingerprint density at radius 2 is 1.82 bits per heavy atom. The van der Waals surface area contributed by atoms with E-state index in [1.165, 1.54) is 41.4 Å². The molecule has 1 fully saturated rings. The van der Waals surface area contributed by atoms with Crippen molar-refractivity contribution in [3.8, 4) is 0 Å². The van der Waals surface area contributed by atoms with E-state index in [9.17, 15) is 24.3 Å². The average molecular weight is 633 g/mol. The van der Waals surface area contributed by atoms with Crippen molar-refractivity contribution < 1.29 is 28.9 Å². The van der Waals surface area contributed by atoms with Crippen LogP contribution < -0.4 is 15.0 Å². The molecule has 0 bridgehead atoms. The van der Waals surface area contributed by atoms with Crippen LogP contribution in [0.15, 0.2) is 57.7 Å². The number of carboxylic acids is 1. The lowest BCUT2D eigenvalue weighted by Gasteiger charge is -2.50. The lowest BCUT2D eigenvalue weighted by Crippen LogP contribution is -2.71. The number of thioether (sulfide) groups is 3. The zero-order valence-corrected chi connectivity index (χ0v) is 24.5. The Kier molecular flexibility index (Phi) is 9.59. The second-order valence-electron chi connectivity index (χ2n) is 8.38. The number of aliphatic carboxylic acids is 1. The van der Waals surface area contributed by atoms with Crippen LogP contribution in [0, 0.1) is 0 Å². The Bertz CT molecular complexity index is 1340. The molecule has 0 saturated carbocycles. The van der Waals surface area contributed by atoms with Gasteiger partial charge < -0.3 is 15.2 Å². The maximum atomic E-state index is 12.9. The van der Waals surface area contributed by atoms with Gasteiger partial charge in [-0.15, -0.1) is 35.3 Å². The van der Waals surface area contributed by atoms with Crippen LogP contribution in [-0.4, -0.2) is 57.1 Å². The number of nitrogens with zero attached hydrogens (tertiary/aromatic N) is 2. The highest BCUT2D eigenvalue weighted by Crippen LogP contribution is 2.41. The summed E-state index contributed by atoms with van der Waals surface area (Å²) < 4.78 is 1.75. The number of aromatic nitrogens is 1. The molecule has 2 atom stereocenters. The van der Waals surface area contributed by atoms with Gasteiger partial charge in [-0.05, 0) is 17.7 Å². The molecule has 2 aliphatic rings. The number of carboxylic acid groups (broad SMARTS) is 1. The van der Waals surface area contributed by atoms with E-state index in [1.807, 2.05) is 12.1 Å². The highest BCUT2D eigenvalue weighted by Gasteiger charge is 2.52. The molecule has 1 N–H and O–H groups in total. The number of fused-ring (bicyclic) bond motifs is 1. The first-order valence-electron chi connectivity index (χ1n) is 11.1. The highest BCUT2D eigenvalue weighted by atomic mass is 35.5. The largest absolute Gasteiger partial charge is 0.543 e. The number of rotatable bonds is 10. The fraction of sp³-hybridized carbons (Fsp3) is 0.292. The molecule has 0 radical (unpaired) electrons. The molecule has 200 valence electrons. The topological polar surface area (TPSA) is 110 Å². The van der Waals surface area contributed by atoms with E-state index in [-0.39, 0.29) is 23.8 Å². The number of Topliss-reactive ketones (excluding diaryl/α,β-unsaturated/α-hetero) is 1. The number of β-lactam (4-membered cyclic amide) rings is 1. The van der Waals surface area contributed by atoms with Gasteiger partial charge >= 0.3 is 0 Å². The predicted molar refractivity (Wildman–Crippen MR) is 147 cm³/mol. The lowest BCUT2D eigenvalue weighted by molar-refractivity contribution is -0.684. The Morgan fingerprint density at radius 3 is 2.47 bits per heavy atom. The number of pyridine rings is 1. The van der Waals surface area contributed by atoms with E-state index in [1.54, 1.807) is 23.0 Å². The third kappa shape index (κ3) is 6.63. The smallest absolute Gasteiger partial charge is 0.253 e. The van der Waals surface area contributed by atoms with Crippen LogP contribution in [0.2, 0.25) is 15.1 Å². The van der Waals surface area contributed by atoms with Crippen molar-refractivity contribution in [3.05, 3.63) is 63.0 Å². The molecule has 8 nitrogen and oxygen atoms in total. The minimum Gasteiger partial charge on any atom is -0.543 e. The van der Waals surface area contributed by atoms with E-state index in [0.717, 1.165) is 16.7 Å². The van der Waals surface area contributed by atoms with Gasteiger partial charge in [-0.2, -0.15) is 4.57 Å². The summed E-state index contributed by atoms with van der Waals surface area (Å²) in [5.74, 6) is -1.59. The Morgan fingerprint density at radius 1 is 1.13 bits per heavy atom. The van der Waals surface area contributed by atoms with Gasteiger partial charge in [0, 0.05) is 40.4 Å². The standard InChI is InChI=1S/C24H20Cl3N3O5S3/c1-12(31)8-29-4-2-14(3-5-29)36-9-13-10-38-23-20(22(33)30(23)21(13)24(34)35)28-19(32)11-37-18-7-16(26)15(25)6-17(18)27/h2-7,20,23H,8-11H2,1H3,(H-,28,32,34,35)/t20-,23-/m1/s1. The first-order chi connectivity index (χ1) is 18.0. The van der Waals surface area contributed by atoms with Gasteiger partial charge in [0.05, 0.1) is 32.5 Å². The summed E-state index contributed by atoms with van der Waals surface area (Å²) in [6, 6.07) is 5.90. The summed E-state index contributed by atoms with van der Waals surface area (Å²) in [5.41, 5.74) is 0.427. The van der Waals surface area contributed by atoms with Crippen molar-refractivity contribution in [1.29, 1.82) is 0 Å². The molecule has 2 aromatic rings. The normalized spacial score (nSPS) is 18.6. The lowest BCUT2D eigenvalue weighted by atomic mass is 10.0. The van der Waals surface area contributed by atoms with Crippen molar-refractivity contribution in [3.63, 3.8) is 0 Å². The molecule has 1 aromatic heterocycles. The van der Waals surface area contributed by atoms with E-state index < -0.39 is 29.2 Å². The van der Waals surface area contributed by atoms with Crippen LogP contribution in [0.4, 0.5) is 0 Å². The van der Waals surface area contributed by atoms with Crippen molar-refractivity contribution in [2.24, 2.45) is 0 Å². The van der Waals surface area contributed by atoms with Crippen molar-refractivity contribution in [2.45, 2.75) is 34.7 Å². The summed E-state index contributed by atoms with van der Waals surface area (Å²) in [7, 11) is 0. The second-order valence-corrected chi connectivity index (χ2v) is 12.8. The van der Waals surface area contributed by atoms with Gasteiger partial charge in [0.2, 0.25) is 12.5 Å². The molecule has 1 aromatic carbocycles. The number of amides is 2. The van der Waals surface area contributed by atoms with Gasteiger partial charge in [0.25, 0.3) is 5.91 Å². The molecule has 3 heterocycles. The number of hydrogen-bond acceptors (Lipinski definition) is 8. The zero-order valence-electron chi connectivity index (χ0n) is 19.7. The highest BCUT2D eigenvalue weighted by molar-refractivity contribution is 8.01. The van der Waals surface area contributed by atoms with Crippen molar-refractivity contribution >= 4 is 93.7 Å². The molecular formula is C24H20Cl3N3O5S3. The summed E-state index contributed by atoms with van der Waals surface area (Å²) in [6.45, 7) is 1.79. The van der Waals surface area contributed by atoms with Crippen LogP contribution in [0.1, 0.15) is 6.92 Å². The molecule has 1 saturated heterocycles. The molecule has 4 rings (SSSR count). The summed E-state index contributed by atoms with van der Waals surface area (Å²) in [4.78, 5) is 51.3. The third-order valence-electron chi connectivity index (χ3n) is 5.57. The number of ketones is 1. The number of carbonyl (C=O) groups is 4. The number of halogens is 3. The maximum absolute atomic E-state index is 12.9. The molecular weight excluding hydrogens is 613 g/mol. The zero-order chi connectivity index (χ0) is 27.6. The summed E-state index contributed by atoms with van der Waals surface area (Å²) in [5, 5.41) is 15.1. The molecule has 0 aliphatic carbocycles. The van der Waals surface area contributed by atoms with E-state index >= 15 is 0 Å². The second kappa shape index (κ2) is 12.5. The van der Waals surface area contributed by atoms with Crippen LogP contribution in [0.25, 0.3) is 0 Å².